The molecule has 1 heterocycles. The Kier molecular flexibility index (Phi) is 3.53. The Hall–Kier alpha value is -2.30. The van der Waals surface area contributed by atoms with Gasteiger partial charge in [-0.3, -0.25) is 9.89 Å². The topological polar surface area (TPSA) is 64.1 Å². The lowest BCUT2D eigenvalue weighted by atomic mass is 10.1. The molecule has 0 atom stereocenters. The van der Waals surface area contributed by atoms with Gasteiger partial charge in [0.25, 0.3) is 5.56 Å². The van der Waals surface area contributed by atoms with E-state index in [4.69, 9.17) is 4.74 Å². The molecular formula is C15H18N2O3. The van der Waals surface area contributed by atoms with Crippen LogP contribution in [0.1, 0.15) is 26.3 Å². The van der Waals surface area contributed by atoms with Crippen molar-refractivity contribution in [3.05, 3.63) is 46.2 Å². The standard InChI is InChI=1S/C15H18N2O3/c1-10-5-7-11(8-6-10)12-9-13(18)16-17(12)14(19)20-15(2,3)4/h5-9H,1-4H3,(H,16,18). The largest absolute Gasteiger partial charge is 0.442 e. The van der Waals surface area contributed by atoms with Crippen molar-refractivity contribution in [3.63, 3.8) is 0 Å². The van der Waals surface area contributed by atoms with Gasteiger partial charge in [0.2, 0.25) is 0 Å². The first kappa shape index (κ1) is 14.1. The van der Waals surface area contributed by atoms with Crippen LogP contribution in [-0.4, -0.2) is 21.5 Å². The fraction of sp³-hybridized carbons (Fsp3) is 0.333. The summed E-state index contributed by atoms with van der Waals surface area (Å²) in [5, 5.41) is 2.47. The third-order valence-electron chi connectivity index (χ3n) is 2.65. The van der Waals surface area contributed by atoms with Crippen molar-refractivity contribution in [2.45, 2.75) is 33.3 Å². The normalized spacial score (nSPS) is 11.4. The summed E-state index contributed by atoms with van der Waals surface area (Å²) < 4.78 is 6.41. The highest BCUT2D eigenvalue weighted by Crippen LogP contribution is 2.19. The van der Waals surface area contributed by atoms with Gasteiger partial charge in [0, 0.05) is 11.6 Å². The first-order chi connectivity index (χ1) is 9.26. The highest BCUT2D eigenvalue weighted by atomic mass is 16.6. The number of hydrogen-bond donors (Lipinski definition) is 1. The van der Waals surface area contributed by atoms with Crippen molar-refractivity contribution < 1.29 is 9.53 Å². The molecule has 0 aliphatic rings. The summed E-state index contributed by atoms with van der Waals surface area (Å²) in [6.45, 7) is 7.30. The summed E-state index contributed by atoms with van der Waals surface area (Å²) in [6, 6.07) is 8.95. The van der Waals surface area contributed by atoms with Gasteiger partial charge in [-0.2, -0.15) is 4.68 Å². The highest BCUT2D eigenvalue weighted by molar-refractivity contribution is 5.77. The number of H-pyrrole nitrogens is 1. The molecule has 2 aromatic rings. The van der Waals surface area contributed by atoms with Crippen LogP contribution >= 0.6 is 0 Å². The molecule has 0 aliphatic heterocycles. The second-order valence-electron chi connectivity index (χ2n) is 5.69. The number of aryl methyl sites for hydroxylation is 1. The SMILES string of the molecule is Cc1ccc(-c2cc(=O)[nH]n2C(=O)OC(C)(C)C)cc1. The van der Waals surface area contributed by atoms with E-state index < -0.39 is 11.7 Å². The molecule has 1 aromatic heterocycles. The number of carbonyl (C=O) groups excluding carboxylic acids is 1. The number of hydrogen-bond acceptors (Lipinski definition) is 3. The predicted molar refractivity (Wildman–Crippen MR) is 76.9 cm³/mol. The van der Waals surface area contributed by atoms with Crippen molar-refractivity contribution in [1.82, 2.24) is 9.78 Å². The molecule has 0 saturated heterocycles. The van der Waals surface area contributed by atoms with Gasteiger partial charge in [-0.1, -0.05) is 29.8 Å². The molecule has 2 rings (SSSR count). The van der Waals surface area contributed by atoms with Crippen LogP contribution in [0, 0.1) is 6.92 Å². The van der Waals surface area contributed by atoms with Gasteiger partial charge >= 0.3 is 6.09 Å². The molecule has 5 nitrogen and oxygen atoms in total. The van der Waals surface area contributed by atoms with Crippen molar-refractivity contribution in [2.75, 3.05) is 0 Å². The maximum atomic E-state index is 12.1. The molecule has 0 bridgehead atoms. The number of rotatable bonds is 1. The van der Waals surface area contributed by atoms with E-state index in [1.807, 2.05) is 31.2 Å². The van der Waals surface area contributed by atoms with Gasteiger partial charge in [-0.15, -0.1) is 0 Å². The minimum atomic E-state index is -0.622. The number of aromatic nitrogens is 2. The second-order valence-corrected chi connectivity index (χ2v) is 5.69. The summed E-state index contributed by atoms with van der Waals surface area (Å²) in [4.78, 5) is 23.6. The maximum Gasteiger partial charge on any atom is 0.434 e. The number of carbonyl (C=O) groups is 1. The molecule has 1 aromatic carbocycles. The number of benzene rings is 1. The van der Waals surface area contributed by atoms with E-state index in [0.29, 0.717) is 5.69 Å². The zero-order valence-corrected chi connectivity index (χ0v) is 12.1. The highest BCUT2D eigenvalue weighted by Gasteiger charge is 2.21. The smallest absolute Gasteiger partial charge is 0.434 e. The van der Waals surface area contributed by atoms with Crippen LogP contribution in [0.2, 0.25) is 0 Å². The summed E-state index contributed by atoms with van der Waals surface area (Å²) >= 11 is 0. The fourth-order valence-corrected chi connectivity index (χ4v) is 1.78. The molecule has 0 spiro atoms. The molecule has 0 aliphatic carbocycles. The third-order valence-corrected chi connectivity index (χ3v) is 2.65. The lowest BCUT2D eigenvalue weighted by molar-refractivity contribution is 0.0517. The van der Waals surface area contributed by atoms with E-state index in [9.17, 15) is 9.59 Å². The zero-order valence-electron chi connectivity index (χ0n) is 12.1. The van der Waals surface area contributed by atoms with Gasteiger partial charge in [0.15, 0.2) is 0 Å². The molecule has 20 heavy (non-hydrogen) atoms. The number of nitrogens with one attached hydrogen (secondary N) is 1. The van der Waals surface area contributed by atoms with Crippen LogP contribution < -0.4 is 5.56 Å². The maximum absolute atomic E-state index is 12.1. The van der Waals surface area contributed by atoms with Crippen molar-refractivity contribution in [1.29, 1.82) is 0 Å². The predicted octanol–water partition coefficient (Wildman–Crippen LogP) is 2.94. The Morgan fingerprint density at radius 3 is 2.35 bits per heavy atom. The minimum absolute atomic E-state index is 0.341. The molecular weight excluding hydrogens is 256 g/mol. The molecule has 0 radical (unpaired) electrons. The van der Waals surface area contributed by atoms with Crippen LogP contribution in [0.4, 0.5) is 4.79 Å². The Bertz CT molecular complexity index is 672. The minimum Gasteiger partial charge on any atom is -0.442 e. The van der Waals surface area contributed by atoms with Gasteiger partial charge in [0.1, 0.15) is 5.60 Å². The van der Waals surface area contributed by atoms with Crippen LogP contribution in [-0.2, 0) is 4.74 Å². The Balaban J connectivity index is 2.43. The van der Waals surface area contributed by atoms with E-state index in [1.165, 1.54) is 6.07 Å². The average molecular weight is 274 g/mol. The van der Waals surface area contributed by atoms with Crippen molar-refractivity contribution >= 4 is 6.09 Å². The average Bonchev–Trinajstić information content (AvgIpc) is 2.70. The fourth-order valence-electron chi connectivity index (χ4n) is 1.78. The van der Waals surface area contributed by atoms with Crippen LogP contribution in [0.3, 0.4) is 0 Å². The van der Waals surface area contributed by atoms with E-state index in [0.717, 1.165) is 15.8 Å². The monoisotopic (exact) mass is 274 g/mol. The molecule has 0 amide bonds. The Morgan fingerprint density at radius 1 is 1.20 bits per heavy atom. The van der Waals surface area contributed by atoms with Crippen molar-refractivity contribution in [3.8, 4) is 11.3 Å². The van der Waals surface area contributed by atoms with Gasteiger partial charge in [-0.05, 0) is 27.7 Å². The number of aromatic amines is 1. The molecule has 0 unspecified atom stereocenters. The quantitative estimate of drug-likeness (QED) is 0.869. The third kappa shape index (κ3) is 3.17. The van der Waals surface area contributed by atoms with Crippen LogP contribution in [0.25, 0.3) is 11.3 Å². The van der Waals surface area contributed by atoms with E-state index in [2.05, 4.69) is 5.10 Å². The molecule has 5 heteroatoms. The molecule has 0 fully saturated rings. The van der Waals surface area contributed by atoms with Crippen LogP contribution in [0.5, 0.6) is 0 Å². The number of ether oxygens (including phenoxy) is 1. The van der Waals surface area contributed by atoms with Crippen LogP contribution in [0.15, 0.2) is 35.1 Å². The van der Waals surface area contributed by atoms with E-state index in [1.54, 1.807) is 20.8 Å². The van der Waals surface area contributed by atoms with E-state index in [-0.39, 0.29) is 5.56 Å². The van der Waals surface area contributed by atoms with Crippen molar-refractivity contribution in [2.24, 2.45) is 0 Å². The van der Waals surface area contributed by atoms with Gasteiger partial charge in [-0.25, -0.2) is 4.79 Å². The summed E-state index contributed by atoms with van der Waals surface area (Å²) in [5.74, 6) is 0. The van der Waals surface area contributed by atoms with Gasteiger partial charge < -0.3 is 4.74 Å². The molecule has 106 valence electrons. The summed E-state index contributed by atoms with van der Waals surface area (Å²) in [5.41, 5.74) is 1.41. The first-order valence-electron chi connectivity index (χ1n) is 6.39. The summed E-state index contributed by atoms with van der Waals surface area (Å²) in [7, 11) is 0. The zero-order chi connectivity index (χ0) is 14.9. The summed E-state index contributed by atoms with van der Waals surface area (Å²) in [6.07, 6.45) is -0.602. The lowest BCUT2D eigenvalue weighted by Crippen LogP contribution is -2.28. The Labute approximate surface area is 117 Å². The molecule has 1 N–H and O–H groups in total. The first-order valence-corrected chi connectivity index (χ1v) is 6.39. The second kappa shape index (κ2) is 5.00. The number of nitrogens with zero attached hydrogens (tertiary/aromatic N) is 1. The van der Waals surface area contributed by atoms with E-state index >= 15 is 0 Å². The Morgan fingerprint density at radius 2 is 1.80 bits per heavy atom. The molecule has 0 saturated carbocycles. The van der Waals surface area contributed by atoms with Gasteiger partial charge in [0.05, 0.1) is 5.69 Å². The lowest BCUT2D eigenvalue weighted by Gasteiger charge is -2.20.